The average Bonchev–Trinajstić information content (AvgIpc) is 2.30. The Labute approximate surface area is 102 Å². The number of hydrogen-bond donors (Lipinski definition) is 1. The first kappa shape index (κ1) is 13.7. The van der Waals surface area contributed by atoms with Crippen LogP contribution in [0.3, 0.4) is 0 Å². The zero-order valence-electron chi connectivity index (χ0n) is 9.85. The molecule has 94 valence electrons. The van der Waals surface area contributed by atoms with Gasteiger partial charge in [0.05, 0.1) is 4.90 Å². The molecule has 0 bridgehead atoms. The van der Waals surface area contributed by atoms with Crippen molar-refractivity contribution in [3.8, 4) is 0 Å². The first-order chi connectivity index (χ1) is 8.06. The van der Waals surface area contributed by atoms with Crippen LogP contribution in [0.25, 0.3) is 0 Å². The molecule has 5 heteroatoms. The third kappa shape index (κ3) is 4.56. The molecule has 1 rings (SSSR count). The predicted octanol–water partition coefficient (Wildman–Crippen LogP) is 2.07. The van der Waals surface area contributed by atoms with E-state index < -0.39 is 15.9 Å². The molecule has 0 saturated heterocycles. The minimum absolute atomic E-state index is 0.115. The van der Waals surface area contributed by atoms with Gasteiger partial charge < -0.3 is 0 Å². The Bertz CT molecular complexity index is 454. The smallest absolute Gasteiger partial charge is 0.264 e. The van der Waals surface area contributed by atoms with E-state index >= 15 is 0 Å². The van der Waals surface area contributed by atoms with E-state index in [9.17, 15) is 13.2 Å². The van der Waals surface area contributed by atoms with E-state index in [2.05, 4.69) is 4.72 Å². The molecule has 0 heterocycles. The summed E-state index contributed by atoms with van der Waals surface area (Å²) in [6.45, 7) is 2.03. The second kappa shape index (κ2) is 6.39. The summed E-state index contributed by atoms with van der Waals surface area (Å²) in [5.41, 5.74) is 0. The molecule has 0 aliphatic carbocycles. The standard InChI is InChI=1S/C12H17NO3S/c1-2-3-5-10-12(14)13-17(15,16)11-8-6-4-7-9-11/h4,6-9H,2-3,5,10H2,1H3,(H,13,14). The highest BCUT2D eigenvalue weighted by Crippen LogP contribution is 2.08. The Morgan fingerprint density at radius 3 is 2.41 bits per heavy atom. The van der Waals surface area contributed by atoms with Crippen LogP contribution in [0.5, 0.6) is 0 Å². The Balaban J connectivity index is 2.59. The lowest BCUT2D eigenvalue weighted by Crippen LogP contribution is -2.30. The first-order valence-corrected chi connectivity index (χ1v) is 7.15. The average molecular weight is 255 g/mol. The molecule has 0 aliphatic rings. The van der Waals surface area contributed by atoms with Gasteiger partial charge in [-0.2, -0.15) is 0 Å². The van der Waals surface area contributed by atoms with Crippen LogP contribution in [0.4, 0.5) is 0 Å². The lowest BCUT2D eigenvalue weighted by molar-refractivity contribution is -0.119. The van der Waals surface area contributed by atoms with Crippen molar-refractivity contribution in [3.63, 3.8) is 0 Å². The monoisotopic (exact) mass is 255 g/mol. The number of benzene rings is 1. The highest BCUT2D eigenvalue weighted by atomic mass is 32.2. The number of nitrogens with one attached hydrogen (secondary N) is 1. The molecule has 1 aromatic carbocycles. The third-order valence-corrected chi connectivity index (χ3v) is 3.70. The van der Waals surface area contributed by atoms with E-state index in [-0.39, 0.29) is 11.3 Å². The molecule has 1 N–H and O–H groups in total. The molecule has 0 saturated carbocycles. The van der Waals surface area contributed by atoms with Gasteiger partial charge in [0.25, 0.3) is 10.0 Å². The summed E-state index contributed by atoms with van der Waals surface area (Å²) < 4.78 is 25.6. The maximum Gasteiger partial charge on any atom is 0.264 e. The van der Waals surface area contributed by atoms with Crippen molar-refractivity contribution in [2.45, 2.75) is 37.5 Å². The summed E-state index contributed by atoms with van der Waals surface area (Å²) in [5.74, 6) is -0.442. The number of amides is 1. The normalized spacial score (nSPS) is 11.1. The Hall–Kier alpha value is -1.36. The van der Waals surface area contributed by atoms with Gasteiger partial charge in [0.2, 0.25) is 5.91 Å². The molecular weight excluding hydrogens is 238 g/mol. The summed E-state index contributed by atoms with van der Waals surface area (Å²) >= 11 is 0. The van der Waals surface area contributed by atoms with Crippen LogP contribution in [0.2, 0.25) is 0 Å². The Morgan fingerprint density at radius 2 is 1.82 bits per heavy atom. The van der Waals surface area contributed by atoms with Crippen molar-refractivity contribution in [3.05, 3.63) is 30.3 Å². The molecule has 0 radical (unpaired) electrons. The minimum Gasteiger partial charge on any atom is -0.274 e. The minimum atomic E-state index is -3.70. The molecule has 1 amide bonds. The van der Waals surface area contributed by atoms with Crippen LogP contribution in [-0.4, -0.2) is 14.3 Å². The van der Waals surface area contributed by atoms with Crippen LogP contribution in [0, 0.1) is 0 Å². The van der Waals surface area contributed by atoms with Crippen molar-refractivity contribution >= 4 is 15.9 Å². The SMILES string of the molecule is CCCCCC(=O)NS(=O)(=O)c1ccccc1. The van der Waals surface area contributed by atoms with Gasteiger partial charge in [-0.05, 0) is 18.6 Å². The lowest BCUT2D eigenvalue weighted by atomic mass is 10.2. The van der Waals surface area contributed by atoms with Crippen molar-refractivity contribution < 1.29 is 13.2 Å². The zero-order chi connectivity index (χ0) is 12.7. The first-order valence-electron chi connectivity index (χ1n) is 5.67. The van der Waals surface area contributed by atoms with E-state index in [1.54, 1.807) is 18.2 Å². The summed E-state index contributed by atoms with van der Waals surface area (Å²) in [6, 6.07) is 7.89. The fourth-order valence-electron chi connectivity index (χ4n) is 1.40. The summed E-state index contributed by atoms with van der Waals surface area (Å²) in [4.78, 5) is 11.5. The van der Waals surface area contributed by atoms with E-state index in [1.807, 2.05) is 6.92 Å². The van der Waals surface area contributed by atoms with Gasteiger partial charge in [0.1, 0.15) is 0 Å². The van der Waals surface area contributed by atoms with Crippen molar-refractivity contribution in [2.24, 2.45) is 0 Å². The van der Waals surface area contributed by atoms with Crippen LogP contribution in [-0.2, 0) is 14.8 Å². The number of rotatable bonds is 6. The van der Waals surface area contributed by atoms with Crippen molar-refractivity contribution in [2.75, 3.05) is 0 Å². The van der Waals surface area contributed by atoms with Crippen molar-refractivity contribution in [1.82, 2.24) is 4.72 Å². The summed E-state index contributed by atoms with van der Waals surface area (Å²) in [7, 11) is -3.70. The zero-order valence-corrected chi connectivity index (χ0v) is 10.7. The number of carbonyl (C=O) groups excluding carboxylic acids is 1. The highest BCUT2D eigenvalue weighted by molar-refractivity contribution is 7.90. The largest absolute Gasteiger partial charge is 0.274 e. The van der Waals surface area contributed by atoms with Gasteiger partial charge in [-0.3, -0.25) is 4.79 Å². The van der Waals surface area contributed by atoms with Gasteiger partial charge in [0, 0.05) is 6.42 Å². The van der Waals surface area contributed by atoms with E-state index in [0.29, 0.717) is 6.42 Å². The van der Waals surface area contributed by atoms with Crippen LogP contribution in [0.15, 0.2) is 35.2 Å². The molecule has 0 fully saturated rings. The van der Waals surface area contributed by atoms with Crippen LogP contribution >= 0.6 is 0 Å². The van der Waals surface area contributed by atoms with Gasteiger partial charge in [-0.25, -0.2) is 13.1 Å². The fraction of sp³-hybridized carbons (Fsp3) is 0.417. The number of sulfonamides is 1. The van der Waals surface area contributed by atoms with E-state index in [4.69, 9.17) is 0 Å². The highest BCUT2D eigenvalue weighted by Gasteiger charge is 2.16. The summed E-state index contributed by atoms with van der Waals surface area (Å²) in [6.07, 6.45) is 2.89. The van der Waals surface area contributed by atoms with Gasteiger partial charge >= 0.3 is 0 Å². The second-order valence-electron chi connectivity index (χ2n) is 3.80. The Morgan fingerprint density at radius 1 is 1.18 bits per heavy atom. The van der Waals surface area contributed by atoms with Gasteiger partial charge in [0.15, 0.2) is 0 Å². The van der Waals surface area contributed by atoms with Crippen LogP contribution in [0.1, 0.15) is 32.6 Å². The number of hydrogen-bond acceptors (Lipinski definition) is 3. The molecule has 0 atom stereocenters. The van der Waals surface area contributed by atoms with E-state index in [0.717, 1.165) is 12.8 Å². The molecule has 4 nitrogen and oxygen atoms in total. The maximum atomic E-state index is 11.7. The quantitative estimate of drug-likeness (QED) is 0.791. The summed E-state index contributed by atoms with van der Waals surface area (Å²) in [5, 5.41) is 0. The Kier molecular flexibility index (Phi) is 5.15. The van der Waals surface area contributed by atoms with E-state index in [1.165, 1.54) is 12.1 Å². The predicted molar refractivity (Wildman–Crippen MR) is 65.9 cm³/mol. The molecule has 0 unspecified atom stereocenters. The second-order valence-corrected chi connectivity index (χ2v) is 5.48. The fourth-order valence-corrected chi connectivity index (χ4v) is 2.43. The molecule has 1 aromatic rings. The van der Waals surface area contributed by atoms with Crippen LogP contribution < -0.4 is 4.72 Å². The van der Waals surface area contributed by atoms with Gasteiger partial charge in [-0.1, -0.05) is 38.0 Å². The molecule has 0 spiro atoms. The number of unbranched alkanes of at least 4 members (excludes halogenated alkanes) is 2. The lowest BCUT2D eigenvalue weighted by Gasteiger charge is -2.06. The maximum absolute atomic E-state index is 11.7. The van der Waals surface area contributed by atoms with Gasteiger partial charge in [-0.15, -0.1) is 0 Å². The van der Waals surface area contributed by atoms with Crippen molar-refractivity contribution in [1.29, 1.82) is 0 Å². The topological polar surface area (TPSA) is 63.2 Å². The molecular formula is C12H17NO3S. The third-order valence-electron chi connectivity index (χ3n) is 2.31. The molecule has 0 aromatic heterocycles. The number of carbonyl (C=O) groups is 1. The molecule has 17 heavy (non-hydrogen) atoms. The molecule has 0 aliphatic heterocycles.